The average molecular weight is 507 g/mol. The van der Waals surface area contributed by atoms with E-state index in [1.165, 1.54) is 5.56 Å². The maximum absolute atomic E-state index is 12.1. The van der Waals surface area contributed by atoms with Crippen LogP contribution in [0.25, 0.3) is 10.9 Å². The van der Waals surface area contributed by atoms with Gasteiger partial charge < -0.3 is 24.6 Å². The average Bonchev–Trinajstić information content (AvgIpc) is 2.93. The van der Waals surface area contributed by atoms with E-state index in [-0.39, 0.29) is 5.92 Å². The molecule has 4 rings (SSSR count). The van der Waals surface area contributed by atoms with E-state index in [2.05, 4.69) is 22.0 Å². The number of nitrogens with zero attached hydrogens (tertiary/aromatic N) is 2. The lowest BCUT2D eigenvalue weighted by Gasteiger charge is -2.37. The summed E-state index contributed by atoms with van der Waals surface area (Å²) in [4.78, 5) is 18.8. The molecule has 1 aliphatic heterocycles. The number of aryl methyl sites for hydroxylation is 1. The minimum atomic E-state index is -0.736. The zero-order chi connectivity index (χ0) is 26.2. The van der Waals surface area contributed by atoms with Crippen LogP contribution in [0, 0.1) is 11.8 Å². The first-order chi connectivity index (χ1) is 18.0. The second kappa shape index (κ2) is 12.9. The van der Waals surface area contributed by atoms with Gasteiger partial charge in [-0.25, -0.2) is 0 Å². The molecule has 3 atom stereocenters. The van der Waals surface area contributed by atoms with E-state index in [1.807, 2.05) is 36.4 Å². The highest BCUT2D eigenvalue weighted by Gasteiger charge is 2.34. The second-order valence-electron chi connectivity index (χ2n) is 9.98. The van der Waals surface area contributed by atoms with Crippen molar-refractivity contribution in [1.29, 1.82) is 0 Å². The van der Waals surface area contributed by atoms with Crippen LogP contribution >= 0.6 is 0 Å². The van der Waals surface area contributed by atoms with Crippen molar-refractivity contribution in [3.05, 3.63) is 65.9 Å². The van der Waals surface area contributed by atoms with E-state index in [9.17, 15) is 15.0 Å². The fraction of sp³-hybridized carbons (Fsp3) is 0.467. The number of aliphatic hydroxyl groups is 1. The Labute approximate surface area is 219 Å². The molecule has 0 radical (unpaired) electrons. The number of aromatic nitrogens is 1. The molecule has 7 nitrogen and oxygen atoms in total. The number of carbonyl (C=O) groups is 1. The number of methoxy groups -OCH3 is 2. The predicted octanol–water partition coefficient (Wildman–Crippen LogP) is 5.11. The Morgan fingerprint density at radius 2 is 1.92 bits per heavy atom. The Hall–Kier alpha value is -3.16. The summed E-state index contributed by atoms with van der Waals surface area (Å²) in [5.41, 5.74) is 2.88. The highest BCUT2D eigenvalue weighted by atomic mass is 16.5. The first-order valence-corrected chi connectivity index (χ1v) is 13.2. The lowest BCUT2D eigenvalue weighted by atomic mass is 9.81. The van der Waals surface area contributed by atoms with E-state index >= 15 is 0 Å². The summed E-state index contributed by atoms with van der Waals surface area (Å²) in [5, 5.41) is 21.8. The molecule has 0 unspecified atom stereocenters. The Kier molecular flexibility index (Phi) is 9.36. The largest absolute Gasteiger partial charge is 0.497 e. The molecule has 0 spiro atoms. The maximum Gasteiger partial charge on any atom is 0.308 e. The zero-order valence-corrected chi connectivity index (χ0v) is 21.8. The molecule has 1 saturated heterocycles. The van der Waals surface area contributed by atoms with Gasteiger partial charge in [0.1, 0.15) is 11.5 Å². The van der Waals surface area contributed by atoms with Gasteiger partial charge in [0.15, 0.2) is 0 Å². The van der Waals surface area contributed by atoms with Gasteiger partial charge in [-0.15, -0.1) is 0 Å². The summed E-state index contributed by atoms with van der Waals surface area (Å²) in [6, 6.07) is 15.6. The quantitative estimate of drug-likeness (QED) is 0.330. The molecule has 37 heavy (non-hydrogen) atoms. The number of benzene rings is 2. The number of unbranched alkanes of at least 4 members (excludes halogenated alkanes) is 1. The van der Waals surface area contributed by atoms with Crippen molar-refractivity contribution in [3.8, 4) is 11.5 Å². The fourth-order valence-electron chi connectivity index (χ4n) is 5.48. The lowest BCUT2D eigenvalue weighted by Crippen LogP contribution is -2.44. The Morgan fingerprint density at radius 1 is 1.11 bits per heavy atom. The van der Waals surface area contributed by atoms with Crippen molar-refractivity contribution < 1.29 is 24.5 Å². The normalized spacial score (nSPS) is 19.0. The third-order valence-electron chi connectivity index (χ3n) is 7.63. The van der Waals surface area contributed by atoms with Crippen LogP contribution in [-0.4, -0.2) is 59.9 Å². The summed E-state index contributed by atoms with van der Waals surface area (Å²) in [6.07, 6.45) is 6.14. The van der Waals surface area contributed by atoms with Crippen molar-refractivity contribution >= 4 is 16.9 Å². The molecule has 1 aliphatic rings. The van der Waals surface area contributed by atoms with Crippen LogP contribution in [0.3, 0.4) is 0 Å². The van der Waals surface area contributed by atoms with Crippen LogP contribution in [0.15, 0.2) is 54.7 Å². The number of carboxylic acid groups (broad SMARTS) is 1. The van der Waals surface area contributed by atoms with Crippen LogP contribution in [0.5, 0.6) is 11.5 Å². The third kappa shape index (κ3) is 6.99. The van der Waals surface area contributed by atoms with Gasteiger partial charge >= 0.3 is 5.97 Å². The van der Waals surface area contributed by atoms with Crippen LogP contribution in [0.2, 0.25) is 0 Å². The number of pyridine rings is 1. The molecule has 0 aliphatic carbocycles. The molecular weight excluding hydrogens is 468 g/mol. The van der Waals surface area contributed by atoms with Gasteiger partial charge in [-0.05, 0) is 105 Å². The molecule has 7 heteroatoms. The summed E-state index contributed by atoms with van der Waals surface area (Å²) >= 11 is 0. The summed E-state index contributed by atoms with van der Waals surface area (Å²) in [6.45, 7) is 2.39. The van der Waals surface area contributed by atoms with Crippen molar-refractivity contribution in [2.24, 2.45) is 11.8 Å². The van der Waals surface area contributed by atoms with Crippen LogP contribution in [-0.2, 0) is 11.2 Å². The van der Waals surface area contributed by atoms with E-state index in [0.29, 0.717) is 19.4 Å². The van der Waals surface area contributed by atoms with Gasteiger partial charge in [0.2, 0.25) is 0 Å². The Morgan fingerprint density at radius 3 is 2.70 bits per heavy atom. The van der Waals surface area contributed by atoms with Gasteiger partial charge in [-0.3, -0.25) is 9.78 Å². The number of hydrogen-bond acceptors (Lipinski definition) is 6. The van der Waals surface area contributed by atoms with E-state index in [4.69, 9.17) is 9.47 Å². The Bertz CT molecular complexity index is 1180. The van der Waals surface area contributed by atoms with Crippen LogP contribution < -0.4 is 9.47 Å². The minimum absolute atomic E-state index is 0.0582. The molecular formula is C30H38N2O5. The number of aliphatic carboxylic acids is 1. The highest BCUT2D eigenvalue weighted by Crippen LogP contribution is 2.34. The minimum Gasteiger partial charge on any atom is -0.497 e. The summed E-state index contributed by atoms with van der Waals surface area (Å²) < 4.78 is 10.6. The van der Waals surface area contributed by atoms with Gasteiger partial charge in [0.05, 0.1) is 31.8 Å². The first kappa shape index (κ1) is 26.9. The van der Waals surface area contributed by atoms with E-state index in [0.717, 1.165) is 66.7 Å². The number of likely N-dealkylation sites (tertiary alicyclic amines) is 1. The molecule has 0 amide bonds. The lowest BCUT2D eigenvalue weighted by molar-refractivity contribution is -0.146. The van der Waals surface area contributed by atoms with Crippen LogP contribution in [0.1, 0.15) is 49.3 Å². The van der Waals surface area contributed by atoms with Crippen LogP contribution in [0.4, 0.5) is 0 Å². The number of fused-ring (bicyclic) bond motifs is 1. The fourth-order valence-corrected chi connectivity index (χ4v) is 5.48. The summed E-state index contributed by atoms with van der Waals surface area (Å²) in [7, 11) is 3.30. The van der Waals surface area contributed by atoms with Gasteiger partial charge in [0.25, 0.3) is 0 Å². The number of carboxylic acids is 1. The number of rotatable bonds is 12. The predicted molar refractivity (Wildman–Crippen MR) is 144 cm³/mol. The molecule has 198 valence electrons. The Balaban J connectivity index is 1.28. The van der Waals surface area contributed by atoms with Gasteiger partial charge in [-0.2, -0.15) is 0 Å². The standard InChI is InChI=1S/C30H38N2O5/c1-36-23-8-5-7-21(18-23)6-3-4-16-32-17-14-22(27(20-32)30(34)35)9-12-29(33)25-13-15-31-28-11-10-24(37-2)19-26(25)28/h5,7-8,10-11,13,15,18-19,22,27,29,33H,3-4,6,9,12,14,16-17,20H2,1-2H3,(H,34,35)/t22-,27+,29-/m1/s1. The second-order valence-corrected chi connectivity index (χ2v) is 9.98. The molecule has 0 bridgehead atoms. The number of ether oxygens (including phenoxy) is 2. The highest BCUT2D eigenvalue weighted by molar-refractivity contribution is 5.83. The van der Waals surface area contributed by atoms with Crippen molar-refractivity contribution in [2.75, 3.05) is 33.9 Å². The first-order valence-electron chi connectivity index (χ1n) is 13.2. The number of aliphatic hydroxyl groups excluding tert-OH is 1. The topological polar surface area (TPSA) is 92.1 Å². The molecule has 3 aromatic rings. The van der Waals surface area contributed by atoms with Crippen molar-refractivity contribution in [3.63, 3.8) is 0 Å². The van der Waals surface area contributed by atoms with Gasteiger partial charge in [0, 0.05) is 18.1 Å². The molecule has 2 N–H and O–H groups in total. The van der Waals surface area contributed by atoms with E-state index in [1.54, 1.807) is 20.4 Å². The monoisotopic (exact) mass is 506 g/mol. The summed E-state index contributed by atoms with van der Waals surface area (Å²) in [5.74, 6) is 0.512. The molecule has 1 fully saturated rings. The van der Waals surface area contributed by atoms with Gasteiger partial charge in [-0.1, -0.05) is 12.1 Å². The van der Waals surface area contributed by atoms with Crippen molar-refractivity contribution in [1.82, 2.24) is 9.88 Å². The zero-order valence-electron chi connectivity index (χ0n) is 21.8. The molecule has 2 aromatic carbocycles. The molecule has 1 aromatic heterocycles. The molecule has 0 saturated carbocycles. The van der Waals surface area contributed by atoms with Crippen molar-refractivity contribution in [2.45, 2.75) is 44.6 Å². The SMILES string of the molecule is COc1cccc(CCCCN2CC[C@@H](CC[C@@H](O)c3ccnc4ccc(OC)cc34)[C@@H](C(=O)O)C2)c1. The maximum atomic E-state index is 12.1. The van der Waals surface area contributed by atoms with E-state index < -0.39 is 18.0 Å². The number of hydrogen-bond donors (Lipinski definition) is 2. The smallest absolute Gasteiger partial charge is 0.308 e. The molecule has 2 heterocycles. The number of piperidine rings is 1. The third-order valence-corrected chi connectivity index (χ3v) is 7.63.